The first-order valence-electron chi connectivity index (χ1n) is 9.77. The van der Waals surface area contributed by atoms with Crippen LogP contribution in [0.25, 0.3) is 0 Å². The second-order valence-electron chi connectivity index (χ2n) is 7.42. The maximum atomic E-state index is 12.0. The number of benzene rings is 1. The molecular formula is C20H32N4O. The summed E-state index contributed by atoms with van der Waals surface area (Å²) in [5.41, 5.74) is 2.37. The molecule has 0 atom stereocenters. The quantitative estimate of drug-likeness (QED) is 0.833. The molecule has 138 valence electrons. The molecule has 1 aliphatic heterocycles. The third-order valence-electron chi connectivity index (χ3n) is 5.39. The maximum absolute atomic E-state index is 12.0. The number of nitrogens with zero attached hydrogens (tertiary/aromatic N) is 2. The Morgan fingerprint density at radius 2 is 1.72 bits per heavy atom. The maximum Gasteiger partial charge on any atom is 0.221 e. The third-order valence-corrected chi connectivity index (χ3v) is 5.39. The topological polar surface area (TPSA) is 47.6 Å². The Labute approximate surface area is 151 Å². The van der Waals surface area contributed by atoms with Crippen LogP contribution in [0.2, 0.25) is 0 Å². The molecule has 0 spiro atoms. The lowest BCUT2D eigenvalue weighted by Gasteiger charge is -2.34. The Morgan fingerprint density at radius 1 is 1.04 bits per heavy atom. The van der Waals surface area contributed by atoms with Crippen LogP contribution in [-0.2, 0) is 4.79 Å². The van der Waals surface area contributed by atoms with Crippen LogP contribution in [0.5, 0.6) is 0 Å². The Hall–Kier alpha value is -1.75. The molecule has 2 N–H and O–H groups in total. The van der Waals surface area contributed by atoms with Crippen LogP contribution < -0.4 is 15.5 Å². The first-order chi connectivity index (χ1) is 12.2. The van der Waals surface area contributed by atoms with Crippen molar-refractivity contribution in [1.29, 1.82) is 0 Å². The minimum atomic E-state index is 0.174. The lowest BCUT2D eigenvalue weighted by atomic mass is 9.95. The summed E-state index contributed by atoms with van der Waals surface area (Å²) in [6, 6.07) is 8.99. The predicted molar refractivity (Wildman–Crippen MR) is 104 cm³/mol. The lowest BCUT2D eigenvalue weighted by Crippen LogP contribution is -2.44. The molecule has 1 aromatic carbocycles. The van der Waals surface area contributed by atoms with Crippen molar-refractivity contribution in [1.82, 2.24) is 10.2 Å². The van der Waals surface area contributed by atoms with Gasteiger partial charge in [-0.2, -0.15) is 0 Å². The summed E-state index contributed by atoms with van der Waals surface area (Å²) in [6.45, 7) is 5.11. The molecule has 25 heavy (non-hydrogen) atoms. The van der Waals surface area contributed by atoms with Crippen molar-refractivity contribution in [3.8, 4) is 0 Å². The van der Waals surface area contributed by atoms with Crippen molar-refractivity contribution in [3.63, 3.8) is 0 Å². The summed E-state index contributed by atoms with van der Waals surface area (Å²) in [5, 5.41) is 6.53. The molecule has 5 heteroatoms. The van der Waals surface area contributed by atoms with Gasteiger partial charge in [0, 0.05) is 56.6 Å². The molecule has 3 rings (SSSR count). The van der Waals surface area contributed by atoms with E-state index in [0.29, 0.717) is 19.0 Å². The van der Waals surface area contributed by atoms with Gasteiger partial charge < -0.3 is 20.4 Å². The predicted octanol–water partition coefficient (Wildman–Crippen LogP) is 2.69. The van der Waals surface area contributed by atoms with Crippen LogP contribution in [0.4, 0.5) is 11.4 Å². The number of hydrogen-bond acceptors (Lipinski definition) is 4. The van der Waals surface area contributed by atoms with Crippen molar-refractivity contribution >= 4 is 17.3 Å². The van der Waals surface area contributed by atoms with Crippen LogP contribution in [0.15, 0.2) is 24.3 Å². The number of carbonyl (C=O) groups excluding carboxylic acids is 1. The van der Waals surface area contributed by atoms with Gasteiger partial charge >= 0.3 is 0 Å². The smallest absolute Gasteiger partial charge is 0.221 e. The highest BCUT2D eigenvalue weighted by Gasteiger charge is 2.15. The molecule has 1 saturated heterocycles. The van der Waals surface area contributed by atoms with Gasteiger partial charge in [-0.1, -0.05) is 19.3 Å². The second kappa shape index (κ2) is 9.09. The fourth-order valence-electron chi connectivity index (χ4n) is 3.72. The molecule has 0 unspecified atom stereocenters. The summed E-state index contributed by atoms with van der Waals surface area (Å²) in [5.74, 6) is 0.174. The van der Waals surface area contributed by atoms with E-state index in [1.54, 1.807) is 0 Å². The Bertz CT molecular complexity index is 531. The highest BCUT2D eigenvalue weighted by molar-refractivity contribution is 5.76. The van der Waals surface area contributed by atoms with Crippen molar-refractivity contribution in [3.05, 3.63) is 24.3 Å². The Morgan fingerprint density at radius 3 is 2.40 bits per heavy atom. The highest BCUT2D eigenvalue weighted by Crippen LogP contribution is 2.19. The van der Waals surface area contributed by atoms with Gasteiger partial charge in [-0.3, -0.25) is 4.79 Å². The molecule has 5 nitrogen and oxygen atoms in total. The van der Waals surface area contributed by atoms with Crippen molar-refractivity contribution in [2.24, 2.45) is 0 Å². The fourth-order valence-corrected chi connectivity index (χ4v) is 3.72. The van der Waals surface area contributed by atoms with Gasteiger partial charge in [0.05, 0.1) is 0 Å². The van der Waals surface area contributed by atoms with E-state index in [1.807, 2.05) is 0 Å². The molecule has 1 saturated carbocycles. The summed E-state index contributed by atoms with van der Waals surface area (Å²) < 4.78 is 0. The Kier molecular flexibility index (Phi) is 6.56. The third kappa shape index (κ3) is 5.63. The largest absolute Gasteiger partial charge is 0.385 e. The summed E-state index contributed by atoms with van der Waals surface area (Å²) in [7, 11) is 2.18. The number of rotatable bonds is 6. The molecule has 1 aliphatic carbocycles. The van der Waals surface area contributed by atoms with E-state index in [1.165, 1.54) is 24.9 Å². The number of amides is 1. The normalized spacial score (nSPS) is 19.6. The molecule has 2 aliphatic rings. The van der Waals surface area contributed by atoms with E-state index in [9.17, 15) is 4.79 Å². The zero-order valence-corrected chi connectivity index (χ0v) is 15.5. The van der Waals surface area contributed by atoms with Gasteiger partial charge in [-0.25, -0.2) is 0 Å². The summed E-state index contributed by atoms with van der Waals surface area (Å²) in [6.07, 6.45) is 6.65. The standard InChI is InChI=1S/C20H32N4O/c1-23-13-15-24(16-14-23)19-9-7-17(8-10-19)21-12-11-20(25)22-18-5-3-2-4-6-18/h7-10,18,21H,2-6,11-16H2,1H3,(H,22,25). The van der Waals surface area contributed by atoms with Gasteiger partial charge in [0.25, 0.3) is 0 Å². The monoisotopic (exact) mass is 344 g/mol. The fraction of sp³-hybridized carbons (Fsp3) is 0.650. The highest BCUT2D eigenvalue weighted by atomic mass is 16.1. The Balaban J connectivity index is 1.37. The lowest BCUT2D eigenvalue weighted by molar-refractivity contribution is -0.121. The number of nitrogens with one attached hydrogen (secondary N) is 2. The van der Waals surface area contributed by atoms with E-state index in [2.05, 4.69) is 51.7 Å². The van der Waals surface area contributed by atoms with Gasteiger partial charge in [0.1, 0.15) is 0 Å². The van der Waals surface area contributed by atoms with E-state index in [4.69, 9.17) is 0 Å². The molecule has 0 bridgehead atoms. The number of likely N-dealkylation sites (N-methyl/N-ethyl adjacent to an activating group) is 1. The molecule has 0 aromatic heterocycles. The van der Waals surface area contributed by atoms with Gasteiger partial charge in [0.15, 0.2) is 0 Å². The zero-order chi connectivity index (χ0) is 17.5. The molecule has 1 heterocycles. The summed E-state index contributed by atoms with van der Waals surface area (Å²) >= 11 is 0. The van der Waals surface area contributed by atoms with Gasteiger partial charge in [-0.05, 0) is 44.2 Å². The van der Waals surface area contributed by atoms with Gasteiger partial charge in [-0.15, -0.1) is 0 Å². The van der Waals surface area contributed by atoms with Crippen LogP contribution in [0.1, 0.15) is 38.5 Å². The van der Waals surface area contributed by atoms with Crippen LogP contribution in [-0.4, -0.2) is 56.6 Å². The first kappa shape index (κ1) is 18.1. The zero-order valence-electron chi connectivity index (χ0n) is 15.5. The molecule has 1 aromatic rings. The number of carbonyl (C=O) groups is 1. The van der Waals surface area contributed by atoms with Crippen LogP contribution in [0, 0.1) is 0 Å². The van der Waals surface area contributed by atoms with E-state index >= 15 is 0 Å². The molecule has 0 radical (unpaired) electrons. The summed E-state index contributed by atoms with van der Waals surface area (Å²) in [4.78, 5) is 16.8. The van der Waals surface area contributed by atoms with E-state index < -0.39 is 0 Å². The molecular weight excluding hydrogens is 312 g/mol. The molecule has 2 fully saturated rings. The number of piperazine rings is 1. The number of hydrogen-bond donors (Lipinski definition) is 2. The van der Waals surface area contributed by atoms with Crippen molar-refractivity contribution < 1.29 is 4.79 Å². The second-order valence-corrected chi connectivity index (χ2v) is 7.42. The molecule has 1 amide bonds. The SMILES string of the molecule is CN1CCN(c2ccc(NCCC(=O)NC3CCCCC3)cc2)CC1. The first-order valence-corrected chi connectivity index (χ1v) is 9.77. The van der Waals surface area contributed by atoms with Crippen molar-refractivity contribution in [2.45, 2.75) is 44.6 Å². The minimum absolute atomic E-state index is 0.174. The van der Waals surface area contributed by atoms with E-state index in [0.717, 1.165) is 44.7 Å². The van der Waals surface area contributed by atoms with Crippen LogP contribution >= 0.6 is 0 Å². The van der Waals surface area contributed by atoms with E-state index in [-0.39, 0.29) is 5.91 Å². The van der Waals surface area contributed by atoms with Crippen LogP contribution in [0.3, 0.4) is 0 Å². The van der Waals surface area contributed by atoms with Crippen molar-refractivity contribution in [2.75, 3.05) is 50.0 Å². The minimum Gasteiger partial charge on any atom is -0.385 e. The average molecular weight is 345 g/mol. The van der Waals surface area contributed by atoms with Gasteiger partial charge in [0.2, 0.25) is 5.91 Å². The average Bonchev–Trinajstić information content (AvgIpc) is 2.64. The number of anilines is 2.